The van der Waals surface area contributed by atoms with Gasteiger partial charge < -0.3 is 14.8 Å². The van der Waals surface area contributed by atoms with E-state index in [1.54, 1.807) is 18.2 Å². The molecule has 0 bridgehead atoms. The lowest BCUT2D eigenvalue weighted by Crippen LogP contribution is -2.31. The first kappa shape index (κ1) is 19.1. The van der Waals surface area contributed by atoms with Crippen LogP contribution in [0, 0.1) is 11.7 Å². The first-order valence-electron chi connectivity index (χ1n) is 7.85. The smallest absolute Gasteiger partial charge is 0.251 e. The minimum absolute atomic E-state index is 0.116. The molecule has 0 spiro atoms. The molecule has 2 aromatic rings. The first-order valence-corrected chi connectivity index (χ1v) is 8.23. The van der Waals surface area contributed by atoms with Crippen LogP contribution in [0.3, 0.4) is 0 Å². The van der Waals surface area contributed by atoms with E-state index >= 15 is 0 Å². The Kier molecular flexibility index (Phi) is 6.26. The van der Waals surface area contributed by atoms with E-state index in [2.05, 4.69) is 5.32 Å². The van der Waals surface area contributed by atoms with Crippen LogP contribution in [-0.2, 0) is 0 Å². The molecule has 134 valence electrons. The third kappa shape index (κ3) is 4.42. The number of hydrogen-bond donors (Lipinski definition) is 1. The third-order valence-electron chi connectivity index (χ3n) is 3.88. The lowest BCUT2D eigenvalue weighted by Gasteiger charge is -2.23. The van der Waals surface area contributed by atoms with Gasteiger partial charge in [-0.25, -0.2) is 4.39 Å². The number of rotatable bonds is 6. The van der Waals surface area contributed by atoms with Crippen LogP contribution >= 0.6 is 11.6 Å². The second-order valence-corrected chi connectivity index (χ2v) is 6.35. The van der Waals surface area contributed by atoms with Crippen molar-refractivity contribution < 1.29 is 18.7 Å². The number of amides is 1. The SMILES string of the molecule is COc1cc(C(=O)NC(c2ccc(F)cc2)C(C)C)cc(Cl)c1OC. The van der Waals surface area contributed by atoms with Crippen LogP contribution in [0.4, 0.5) is 4.39 Å². The summed E-state index contributed by atoms with van der Waals surface area (Å²) in [4.78, 5) is 12.7. The summed E-state index contributed by atoms with van der Waals surface area (Å²) in [6, 6.07) is 8.93. The molecule has 0 saturated heterocycles. The highest BCUT2D eigenvalue weighted by molar-refractivity contribution is 6.32. The van der Waals surface area contributed by atoms with Gasteiger partial charge >= 0.3 is 0 Å². The van der Waals surface area contributed by atoms with Gasteiger partial charge in [-0.3, -0.25) is 4.79 Å². The third-order valence-corrected chi connectivity index (χ3v) is 4.16. The lowest BCUT2D eigenvalue weighted by atomic mass is 9.95. The molecule has 6 heteroatoms. The second kappa shape index (κ2) is 8.21. The molecule has 1 N–H and O–H groups in total. The van der Waals surface area contributed by atoms with E-state index in [1.807, 2.05) is 13.8 Å². The van der Waals surface area contributed by atoms with E-state index in [9.17, 15) is 9.18 Å². The fraction of sp³-hybridized carbons (Fsp3) is 0.316. The number of methoxy groups -OCH3 is 2. The monoisotopic (exact) mass is 365 g/mol. The Morgan fingerprint density at radius 3 is 2.28 bits per heavy atom. The summed E-state index contributed by atoms with van der Waals surface area (Å²) in [6.07, 6.45) is 0. The number of nitrogens with one attached hydrogen (secondary N) is 1. The van der Waals surface area contributed by atoms with Gasteiger partial charge in [0.15, 0.2) is 11.5 Å². The van der Waals surface area contributed by atoms with Crippen molar-refractivity contribution in [2.24, 2.45) is 5.92 Å². The molecule has 0 aliphatic rings. The molecule has 25 heavy (non-hydrogen) atoms. The Balaban J connectivity index is 2.30. The minimum Gasteiger partial charge on any atom is -0.493 e. The van der Waals surface area contributed by atoms with Crippen molar-refractivity contribution in [3.63, 3.8) is 0 Å². The molecule has 1 atom stereocenters. The van der Waals surface area contributed by atoms with Crippen molar-refractivity contribution >= 4 is 17.5 Å². The number of halogens is 2. The molecule has 0 radical (unpaired) electrons. The molecule has 0 saturated carbocycles. The fourth-order valence-electron chi connectivity index (χ4n) is 2.58. The number of benzene rings is 2. The predicted molar refractivity (Wildman–Crippen MR) is 96.0 cm³/mol. The number of hydrogen-bond acceptors (Lipinski definition) is 3. The highest BCUT2D eigenvalue weighted by atomic mass is 35.5. The summed E-state index contributed by atoms with van der Waals surface area (Å²) in [5.41, 5.74) is 1.19. The van der Waals surface area contributed by atoms with Gasteiger partial charge in [0, 0.05) is 5.56 Å². The van der Waals surface area contributed by atoms with Crippen molar-refractivity contribution in [2.75, 3.05) is 14.2 Å². The Morgan fingerprint density at radius 2 is 1.76 bits per heavy atom. The average Bonchev–Trinajstić information content (AvgIpc) is 2.59. The summed E-state index contributed by atoms with van der Waals surface area (Å²) >= 11 is 6.16. The average molecular weight is 366 g/mol. The topological polar surface area (TPSA) is 47.6 Å². The maximum Gasteiger partial charge on any atom is 0.251 e. The van der Waals surface area contributed by atoms with Crippen molar-refractivity contribution in [2.45, 2.75) is 19.9 Å². The van der Waals surface area contributed by atoms with Crippen molar-refractivity contribution in [3.8, 4) is 11.5 Å². The van der Waals surface area contributed by atoms with E-state index in [-0.39, 0.29) is 28.7 Å². The normalized spacial score (nSPS) is 12.0. The molecule has 0 aliphatic heterocycles. The molecule has 0 aliphatic carbocycles. The molecule has 0 fully saturated rings. The highest BCUT2D eigenvalue weighted by Gasteiger charge is 2.21. The molecule has 1 amide bonds. The van der Waals surface area contributed by atoms with Gasteiger partial charge in [-0.2, -0.15) is 0 Å². The van der Waals surface area contributed by atoms with Gasteiger partial charge in [-0.1, -0.05) is 37.6 Å². The van der Waals surface area contributed by atoms with E-state index in [4.69, 9.17) is 21.1 Å². The van der Waals surface area contributed by atoms with Crippen LogP contribution < -0.4 is 14.8 Å². The first-order chi connectivity index (χ1) is 11.9. The number of carbonyl (C=O) groups excluding carboxylic acids is 1. The van der Waals surface area contributed by atoms with Crippen LogP contribution in [0.15, 0.2) is 36.4 Å². The van der Waals surface area contributed by atoms with Gasteiger partial charge in [-0.05, 0) is 35.7 Å². The molecular weight excluding hydrogens is 345 g/mol. The van der Waals surface area contributed by atoms with Gasteiger partial charge in [0.2, 0.25) is 0 Å². The molecule has 1 unspecified atom stereocenters. The standard InChI is InChI=1S/C19H21ClFNO3/c1-11(2)17(12-5-7-14(21)8-6-12)22-19(23)13-9-15(20)18(25-4)16(10-13)24-3/h5-11,17H,1-4H3,(H,22,23). The quantitative estimate of drug-likeness (QED) is 0.812. The Hall–Kier alpha value is -2.27. The predicted octanol–water partition coefficient (Wildman–Crippen LogP) is 4.62. The van der Waals surface area contributed by atoms with E-state index in [1.165, 1.54) is 32.4 Å². The summed E-state index contributed by atoms with van der Waals surface area (Å²) < 4.78 is 23.6. The Bertz CT molecular complexity index is 747. The second-order valence-electron chi connectivity index (χ2n) is 5.94. The van der Waals surface area contributed by atoms with Crippen LogP contribution in [0.5, 0.6) is 11.5 Å². The zero-order valence-electron chi connectivity index (χ0n) is 14.6. The lowest BCUT2D eigenvalue weighted by molar-refractivity contribution is 0.0925. The zero-order valence-corrected chi connectivity index (χ0v) is 15.4. The van der Waals surface area contributed by atoms with Crippen LogP contribution in [0.2, 0.25) is 5.02 Å². The fourth-order valence-corrected chi connectivity index (χ4v) is 2.87. The maximum absolute atomic E-state index is 13.2. The van der Waals surface area contributed by atoms with E-state index < -0.39 is 0 Å². The van der Waals surface area contributed by atoms with Crippen molar-refractivity contribution in [1.29, 1.82) is 0 Å². The van der Waals surface area contributed by atoms with E-state index in [0.717, 1.165) is 5.56 Å². The Labute approximate surface area is 151 Å². The maximum atomic E-state index is 13.2. The molecule has 4 nitrogen and oxygen atoms in total. The van der Waals surface area contributed by atoms with Crippen LogP contribution in [0.1, 0.15) is 35.8 Å². The van der Waals surface area contributed by atoms with Gasteiger partial charge in [0.25, 0.3) is 5.91 Å². The van der Waals surface area contributed by atoms with Gasteiger partial charge in [0.05, 0.1) is 25.3 Å². The number of carbonyl (C=O) groups is 1. The minimum atomic E-state index is -0.316. The summed E-state index contributed by atoms with van der Waals surface area (Å²) in [5.74, 6) is 0.253. The molecule has 2 aromatic carbocycles. The van der Waals surface area contributed by atoms with Crippen molar-refractivity contribution in [3.05, 3.63) is 58.4 Å². The van der Waals surface area contributed by atoms with Crippen LogP contribution in [-0.4, -0.2) is 20.1 Å². The Morgan fingerprint density at radius 1 is 1.12 bits per heavy atom. The zero-order chi connectivity index (χ0) is 18.6. The van der Waals surface area contributed by atoms with Gasteiger partial charge in [0.1, 0.15) is 5.82 Å². The molecule has 2 rings (SSSR count). The molecular formula is C19H21ClFNO3. The molecule has 0 heterocycles. The highest BCUT2D eigenvalue weighted by Crippen LogP contribution is 2.36. The number of ether oxygens (including phenoxy) is 2. The van der Waals surface area contributed by atoms with Gasteiger partial charge in [-0.15, -0.1) is 0 Å². The molecule has 0 aromatic heterocycles. The summed E-state index contributed by atoms with van der Waals surface area (Å²) in [7, 11) is 2.96. The summed E-state index contributed by atoms with van der Waals surface area (Å²) in [5, 5.41) is 3.26. The van der Waals surface area contributed by atoms with Crippen LogP contribution in [0.25, 0.3) is 0 Å². The van der Waals surface area contributed by atoms with Crippen molar-refractivity contribution in [1.82, 2.24) is 5.32 Å². The van der Waals surface area contributed by atoms with E-state index in [0.29, 0.717) is 17.1 Å². The summed E-state index contributed by atoms with van der Waals surface area (Å²) in [6.45, 7) is 3.96. The largest absolute Gasteiger partial charge is 0.493 e.